The Hall–Kier alpha value is -2.60. The molecule has 0 spiro atoms. The first kappa shape index (κ1) is 16.8. The fraction of sp³-hybridized carbons (Fsp3) is 0.231. The zero-order valence-electron chi connectivity index (χ0n) is 16.2. The summed E-state index contributed by atoms with van der Waals surface area (Å²) in [6.45, 7) is 8.86. The summed E-state index contributed by atoms with van der Waals surface area (Å²) in [7, 11) is 0. The summed E-state index contributed by atoms with van der Waals surface area (Å²) in [6.07, 6.45) is 2.04. The second-order valence-corrected chi connectivity index (χ2v) is 7.73. The zero-order chi connectivity index (χ0) is 18.3. The molecule has 3 aromatic rings. The van der Waals surface area contributed by atoms with Crippen molar-refractivity contribution in [3.63, 3.8) is 0 Å². The van der Waals surface area contributed by atoms with E-state index in [1.807, 2.05) is 0 Å². The summed E-state index contributed by atoms with van der Waals surface area (Å²) in [5, 5.41) is 0. The standard InChI is InChI=1S/C26H26/c1-17-9-11-21(12-10-17)15-24-23-8-6-5-7-22(23)16-25(24)26-19(3)13-18(2)14-20(26)4/h5-14H,15-16H2,1-4H3. The molecule has 1 aliphatic carbocycles. The molecule has 0 aromatic heterocycles. The Kier molecular flexibility index (Phi) is 4.28. The number of aryl methyl sites for hydroxylation is 4. The minimum atomic E-state index is 0.999. The Morgan fingerprint density at radius 3 is 2.08 bits per heavy atom. The average molecular weight is 338 g/mol. The van der Waals surface area contributed by atoms with E-state index in [9.17, 15) is 0 Å². The van der Waals surface area contributed by atoms with Crippen molar-refractivity contribution in [1.82, 2.24) is 0 Å². The van der Waals surface area contributed by atoms with Crippen molar-refractivity contribution in [2.45, 2.75) is 40.5 Å². The highest BCUT2D eigenvalue weighted by Gasteiger charge is 2.24. The average Bonchev–Trinajstić information content (AvgIpc) is 2.94. The fourth-order valence-electron chi connectivity index (χ4n) is 4.44. The lowest BCUT2D eigenvalue weighted by molar-refractivity contribution is 1.24. The number of allylic oxidation sites excluding steroid dienone is 2. The second-order valence-electron chi connectivity index (χ2n) is 7.73. The molecule has 0 heterocycles. The van der Waals surface area contributed by atoms with Crippen LogP contribution in [0.4, 0.5) is 0 Å². The van der Waals surface area contributed by atoms with Gasteiger partial charge in [0.1, 0.15) is 0 Å². The molecule has 0 aliphatic heterocycles. The van der Waals surface area contributed by atoms with E-state index >= 15 is 0 Å². The van der Waals surface area contributed by atoms with Crippen molar-refractivity contribution in [3.05, 3.63) is 105 Å². The zero-order valence-corrected chi connectivity index (χ0v) is 16.2. The van der Waals surface area contributed by atoms with Gasteiger partial charge in [0.25, 0.3) is 0 Å². The quantitative estimate of drug-likeness (QED) is 0.503. The van der Waals surface area contributed by atoms with Crippen molar-refractivity contribution in [3.8, 4) is 0 Å². The molecule has 0 N–H and O–H groups in total. The van der Waals surface area contributed by atoms with Gasteiger partial charge in [-0.2, -0.15) is 0 Å². The summed E-state index contributed by atoms with van der Waals surface area (Å²) in [5.74, 6) is 0. The Labute approximate surface area is 157 Å². The van der Waals surface area contributed by atoms with Crippen molar-refractivity contribution in [1.29, 1.82) is 0 Å². The van der Waals surface area contributed by atoms with E-state index in [1.54, 1.807) is 0 Å². The second kappa shape index (κ2) is 6.61. The molecule has 0 bridgehead atoms. The summed E-state index contributed by atoms with van der Waals surface area (Å²) >= 11 is 0. The molecule has 0 saturated heterocycles. The van der Waals surface area contributed by atoms with Crippen LogP contribution in [0.5, 0.6) is 0 Å². The van der Waals surface area contributed by atoms with Crippen molar-refractivity contribution >= 4 is 11.1 Å². The third kappa shape index (κ3) is 3.01. The van der Waals surface area contributed by atoms with E-state index in [0.29, 0.717) is 0 Å². The maximum absolute atomic E-state index is 2.32. The van der Waals surface area contributed by atoms with Crippen LogP contribution in [0, 0.1) is 27.7 Å². The van der Waals surface area contributed by atoms with Gasteiger partial charge in [-0.05, 0) is 85.1 Å². The molecule has 0 heteroatoms. The Morgan fingerprint density at radius 2 is 1.38 bits per heavy atom. The molecule has 4 rings (SSSR count). The normalized spacial score (nSPS) is 13.2. The van der Waals surface area contributed by atoms with Gasteiger partial charge >= 0.3 is 0 Å². The highest BCUT2D eigenvalue weighted by atomic mass is 14.3. The first-order valence-corrected chi connectivity index (χ1v) is 9.47. The van der Waals surface area contributed by atoms with Crippen LogP contribution in [-0.2, 0) is 12.8 Å². The number of fused-ring (bicyclic) bond motifs is 1. The van der Waals surface area contributed by atoms with Gasteiger partial charge in [0.2, 0.25) is 0 Å². The van der Waals surface area contributed by atoms with Gasteiger partial charge in [-0.15, -0.1) is 0 Å². The smallest absolute Gasteiger partial charge is 0.00105 e. The van der Waals surface area contributed by atoms with Gasteiger partial charge in [0.05, 0.1) is 0 Å². The summed E-state index contributed by atoms with van der Waals surface area (Å²) in [4.78, 5) is 0. The van der Waals surface area contributed by atoms with Gasteiger partial charge in [0.15, 0.2) is 0 Å². The van der Waals surface area contributed by atoms with Crippen LogP contribution in [0.25, 0.3) is 11.1 Å². The van der Waals surface area contributed by atoms with Gasteiger partial charge in [-0.3, -0.25) is 0 Å². The van der Waals surface area contributed by atoms with Gasteiger partial charge < -0.3 is 0 Å². The van der Waals surface area contributed by atoms with Crippen LogP contribution < -0.4 is 0 Å². The molecule has 130 valence electrons. The Balaban J connectivity index is 1.88. The molecule has 26 heavy (non-hydrogen) atoms. The monoisotopic (exact) mass is 338 g/mol. The Morgan fingerprint density at radius 1 is 0.731 bits per heavy atom. The maximum Gasteiger partial charge on any atom is -0.00105 e. The maximum atomic E-state index is 2.32. The predicted molar refractivity (Wildman–Crippen MR) is 112 cm³/mol. The first-order valence-electron chi connectivity index (χ1n) is 9.47. The van der Waals surface area contributed by atoms with Crippen LogP contribution in [0.3, 0.4) is 0 Å². The van der Waals surface area contributed by atoms with E-state index in [1.165, 1.54) is 55.7 Å². The minimum absolute atomic E-state index is 0.999. The third-order valence-electron chi connectivity index (χ3n) is 5.55. The number of benzene rings is 3. The molecule has 0 nitrogen and oxygen atoms in total. The van der Waals surface area contributed by atoms with Crippen molar-refractivity contribution < 1.29 is 0 Å². The number of hydrogen-bond donors (Lipinski definition) is 0. The molecule has 0 amide bonds. The predicted octanol–water partition coefficient (Wildman–Crippen LogP) is 6.63. The molecule has 3 aromatic carbocycles. The topological polar surface area (TPSA) is 0 Å². The Bertz CT molecular complexity index is 977. The molecular formula is C26H26. The van der Waals surface area contributed by atoms with Crippen molar-refractivity contribution in [2.24, 2.45) is 0 Å². The van der Waals surface area contributed by atoms with Gasteiger partial charge in [0, 0.05) is 0 Å². The largest absolute Gasteiger partial charge is 0.0619 e. The number of rotatable bonds is 3. The van der Waals surface area contributed by atoms with Crippen LogP contribution >= 0.6 is 0 Å². The minimum Gasteiger partial charge on any atom is -0.0619 e. The van der Waals surface area contributed by atoms with E-state index in [-0.39, 0.29) is 0 Å². The highest BCUT2D eigenvalue weighted by molar-refractivity contribution is 5.99. The molecule has 0 atom stereocenters. The van der Waals surface area contributed by atoms with E-state index in [0.717, 1.165) is 12.8 Å². The summed E-state index contributed by atoms with van der Waals surface area (Å²) < 4.78 is 0. The van der Waals surface area contributed by atoms with E-state index < -0.39 is 0 Å². The third-order valence-corrected chi connectivity index (χ3v) is 5.55. The molecule has 0 radical (unpaired) electrons. The first-order chi connectivity index (χ1) is 12.5. The molecule has 1 aliphatic rings. The van der Waals surface area contributed by atoms with Crippen molar-refractivity contribution in [2.75, 3.05) is 0 Å². The van der Waals surface area contributed by atoms with E-state index in [4.69, 9.17) is 0 Å². The summed E-state index contributed by atoms with van der Waals surface area (Å²) in [5.41, 5.74) is 14.2. The van der Waals surface area contributed by atoms with Gasteiger partial charge in [-0.25, -0.2) is 0 Å². The van der Waals surface area contributed by atoms with Crippen LogP contribution in [0.2, 0.25) is 0 Å². The highest BCUT2D eigenvalue weighted by Crippen LogP contribution is 2.42. The van der Waals surface area contributed by atoms with Crippen LogP contribution in [-0.4, -0.2) is 0 Å². The lowest BCUT2D eigenvalue weighted by Gasteiger charge is -2.16. The fourth-order valence-corrected chi connectivity index (χ4v) is 4.44. The van der Waals surface area contributed by atoms with Crippen LogP contribution in [0.1, 0.15) is 44.5 Å². The van der Waals surface area contributed by atoms with Crippen LogP contribution in [0.15, 0.2) is 60.7 Å². The molecule has 0 fully saturated rings. The number of hydrogen-bond acceptors (Lipinski definition) is 0. The molecule has 0 unspecified atom stereocenters. The lowest BCUT2D eigenvalue weighted by Crippen LogP contribution is -1.98. The SMILES string of the molecule is Cc1ccc(CC2=C(c3c(C)cc(C)cc3C)Cc3ccccc32)cc1. The molecular weight excluding hydrogens is 312 g/mol. The molecule has 0 saturated carbocycles. The lowest BCUT2D eigenvalue weighted by atomic mass is 9.89. The van der Waals surface area contributed by atoms with Gasteiger partial charge in [-0.1, -0.05) is 71.8 Å². The summed E-state index contributed by atoms with van der Waals surface area (Å²) in [6, 6.07) is 22.6. The van der Waals surface area contributed by atoms with E-state index in [2.05, 4.69) is 88.4 Å².